The Morgan fingerprint density at radius 3 is 2.65 bits per heavy atom. The number of aryl methyl sites for hydroxylation is 1. The van der Waals surface area contributed by atoms with E-state index in [1.165, 1.54) is 4.90 Å². The van der Waals surface area contributed by atoms with Crippen LogP contribution in [0.2, 0.25) is 0 Å². The van der Waals surface area contributed by atoms with Crippen LogP contribution in [0, 0.1) is 6.92 Å². The standard InChI is InChI=1S/C24H28N2O5/c1-15(2)31-12-6-11-26-21(18-7-5-10-25-14-18)20(23(28)24(26)29)22(27)17-8-9-19(30-4)16(3)13-17/h5,7-10,13-15,21,27H,6,11-12H2,1-4H3/b22-20-. The summed E-state index contributed by atoms with van der Waals surface area (Å²) in [6.45, 7) is 6.53. The van der Waals surface area contributed by atoms with Gasteiger partial charge in [0.1, 0.15) is 11.5 Å². The van der Waals surface area contributed by atoms with Gasteiger partial charge in [-0.2, -0.15) is 0 Å². The monoisotopic (exact) mass is 424 g/mol. The largest absolute Gasteiger partial charge is 0.507 e. The zero-order valence-corrected chi connectivity index (χ0v) is 18.3. The summed E-state index contributed by atoms with van der Waals surface area (Å²) in [7, 11) is 1.57. The van der Waals surface area contributed by atoms with Crippen molar-refractivity contribution in [3.63, 3.8) is 0 Å². The minimum atomic E-state index is -0.713. The number of hydrogen-bond donors (Lipinski definition) is 1. The number of aliphatic hydroxyl groups excluding tert-OH is 1. The van der Waals surface area contributed by atoms with Crippen molar-refractivity contribution < 1.29 is 24.2 Å². The van der Waals surface area contributed by atoms with Crippen molar-refractivity contribution in [3.05, 3.63) is 65.0 Å². The molecule has 0 saturated carbocycles. The lowest BCUT2D eigenvalue weighted by Crippen LogP contribution is -2.31. The fourth-order valence-corrected chi connectivity index (χ4v) is 3.73. The number of pyridine rings is 1. The summed E-state index contributed by atoms with van der Waals surface area (Å²) in [5.41, 5.74) is 1.99. The normalized spacial score (nSPS) is 18.1. The molecular formula is C24H28N2O5. The molecule has 2 aromatic rings. The molecule has 2 heterocycles. The van der Waals surface area contributed by atoms with Crippen LogP contribution < -0.4 is 4.74 Å². The second-order valence-electron chi connectivity index (χ2n) is 7.74. The van der Waals surface area contributed by atoms with Gasteiger partial charge >= 0.3 is 0 Å². The predicted molar refractivity (Wildman–Crippen MR) is 117 cm³/mol. The topological polar surface area (TPSA) is 89.0 Å². The molecule has 1 aromatic carbocycles. The number of amides is 1. The molecule has 1 saturated heterocycles. The second kappa shape index (κ2) is 9.75. The number of hydrogen-bond acceptors (Lipinski definition) is 6. The quantitative estimate of drug-likeness (QED) is 0.301. The number of carbonyl (C=O) groups is 2. The number of aliphatic hydroxyl groups is 1. The van der Waals surface area contributed by atoms with E-state index < -0.39 is 17.7 Å². The van der Waals surface area contributed by atoms with Crippen LogP contribution in [0.1, 0.15) is 43.0 Å². The average molecular weight is 424 g/mol. The Kier molecular flexibility index (Phi) is 7.07. The molecular weight excluding hydrogens is 396 g/mol. The third kappa shape index (κ3) is 4.77. The molecule has 1 amide bonds. The lowest BCUT2D eigenvalue weighted by molar-refractivity contribution is -0.140. The van der Waals surface area contributed by atoms with Gasteiger partial charge in [-0.25, -0.2) is 0 Å². The van der Waals surface area contributed by atoms with Gasteiger partial charge in [-0.1, -0.05) is 6.07 Å². The number of benzene rings is 1. The van der Waals surface area contributed by atoms with Crippen LogP contribution >= 0.6 is 0 Å². The highest BCUT2D eigenvalue weighted by Gasteiger charge is 2.45. The first-order chi connectivity index (χ1) is 14.8. The fraction of sp³-hybridized carbons (Fsp3) is 0.375. The van der Waals surface area contributed by atoms with Crippen LogP contribution in [0.3, 0.4) is 0 Å². The number of methoxy groups -OCH3 is 1. The third-order valence-corrected chi connectivity index (χ3v) is 5.20. The van der Waals surface area contributed by atoms with E-state index in [0.29, 0.717) is 36.4 Å². The van der Waals surface area contributed by atoms with E-state index in [2.05, 4.69) is 4.98 Å². The van der Waals surface area contributed by atoms with E-state index in [9.17, 15) is 14.7 Å². The highest BCUT2D eigenvalue weighted by Crippen LogP contribution is 2.39. The maximum absolute atomic E-state index is 13.0. The molecule has 0 radical (unpaired) electrons. The van der Waals surface area contributed by atoms with E-state index in [1.807, 2.05) is 20.8 Å². The van der Waals surface area contributed by atoms with Crippen molar-refractivity contribution in [2.75, 3.05) is 20.3 Å². The molecule has 1 aromatic heterocycles. The molecule has 1 aliphatic rings. The molecule has 1 atom stereocenters. The van der Waals surface area contributed by atoms with Crippen LogP contribution in [0.4, 0.5) is 0 Å². The molecule has 164 valence electrons. The number of rotatable bonds is 8. The van der Waals surface area contributed by atoms with Crippen molar-refractivity contribution >= 4 is 17.4 Å². The minimum absolute atomic E-state index is 0.0624. The molecule has 0 aliphatic carbocycles. The van der Waals surface area contributed by atoms with Gasteiger partial charge < -0.3 is 19.5 Å². The van der Waals surface area contributed by atoms with E-state index in [4.69, 9.17) is 9.47 Å². The molecule has 0 bridgehead atoms. The zero-order valence-electron chi connectivity index (χ0n) is 18.3. The maximum atomic E-state index is 13.0. The lowest BCUT2D eigenvalue weighted by atomic mass is 9.95. The number of ether oxygens (including phenoxy) is 2. The van der Waals surface area contributed by atoms with Gasteiger partial charge in [-0.05, 0) is 62.6 Å². The Bertz CT molecular complexity index is 985. The Morgan fingerprint density at radius 1 is 1.26 bits per heavy atom. The molecule has 1 aliphatic heterocycles. The van der Waals surface area contributed by atoms with Crippen molar-refractivity contribution in [2.45, 2.75) is 39.3 Å². The smallest absolute Gasteiger partial charge is 0.295 e. The maximum Gasteiger partial charge on any atom is 0.295 e. The fourth-order valence-electron chi connectivity index (χ4n) is 3.73. The number of ketones is 1. The SMILES string of the molecule is COc1ccc(/C(O)=C2/C(=O)C(=O)N(CCCOC(C)C)C2c2cccnc2)cc1C. The van der Waals surface area contributed by atoms with Crippen LogP contribution in [0.15, 0.2) is 48.3 Å². The summed E-state index contributed by atoms with van der Waals surface area (Å²) in [6, 6.07) is 7.96. The van der Waals surface area contributed by atoms with Crippen LogP contribution in [-0.2, 0) is 14.3 Å². The molecule has 7 nitrogen and oxygen atoms in total. The van der Waals surface area contributed by atoms with E-state index in [-0.39, 0.29) is 17.4 Å². The Morgan fingerprint density at radius 2 is 2.03 bits per heavy atom. The van der Waals surface area contributed by atoms with Gasteiger partial charge in [-0.15, -0.1) is 0 Å². The van der Waals surface area contributed by atoms with E-state index >= 15 is 0 Å². The second-order valence-corrected chi connectivity index (χ2v) is 7.74. The zero-order chi connectivity index (χ0) is 22.5. The van der Waals surface area contributed by atoms with E-state index in [1.54, 1.807) is 49.8 Å². The molecule has 1 N–H and O–H groups in total. The molecule has 7 heteroatoms. The van der Waals surface area contributed by atoms with Crippen molar-refractivity contribution in [1.29, 1.82) is 0 Å². The highest BCUT2D eigenvalue weighted by molar-refractivity contribution is 6.46. The molecule has 1 unspecified atom stereocenters. The lowest BCUT2D eigenvalue weighted by Gasteiger charge is -2.25. The van der Waals surface area contributed by atoms with Gasteiger partial charge in [0.05, 0.1) is 24.8 Å². The highest BCUT2D eigenvalue weighted by atomic mass is 16.5. The molecule has 0 spiro atoms. The van der Waals surface area contributed by atoms with Gasteiger partial charge in [0.25, 0.3) is 11.7 Å². The molecule has 3 rings (SSSR count). The summed E-state index contributed by atoms with van der Waals surface area (Å²) >= 11 is 0. The van der Waals surface area contributed by atoms with Gasteiger partial charge in [0.15, 0.2) is 0 Å². The van der Waals surface area contributed by atoms with Crippen LogP contribution in [-0.4, -0.2) is 53.0 Å². The third-order valence-electron chi connectivity index (χ3n) is 5.20. The first kappa shape index (κ1) is 22.5. The Balaban J connectivity index is 2.02. The van der Waals surface area contributed by atoms with Gasteiger partial charge in [0.2, 0.25) is 0 Å². The van der Waals surface area contributed by atoms with Crippen LogP contribution in [0.5, 0.6) is 5.75 Å². The average Bonchev–Trinajstić information content (AvgIpc) is 3.01. The Labute approximate surface area is 182 Å². The van der Waals surface area contributed by atoms with Crippen molar-refractivity contribution in [3.8, 4) is 5.75 Å². The molecule has 1 fully saturated rings. The summed E-state index contributed by atoms with van der Waals surface area (Å²) in [5, 5.41) is 11.1. The summed E-state index contributed by atoms with van der Waals surface area (Å²) in [6.07, 6.45) is 3.89. The summed E-state index contributed by atoms with van der Waals surface area (Å²) in [5.74, 6) is -0.875. The van der Waals surface area contributed by atoms with Crippen LogP contribution in [0.25, 0.3) is 5.76 Å². The number of likely N-dealkylation sites (tertiary alicyclic amines) is 1. The predicted octanol–water partition coefficient (Wildman–Crippen LogP) is 3.64. The number of nitrogens with zero attached hydrogens (tertiary/aromatic N) is 2. The minimum Gasteiger partial charge on any atom is -0.507 e. The number of aromatic nitrogens is 1. The summed E-state index contributed by atoms with van der Waals surface area (Å²) in [4.78, 5) is 31.5. The number of Topliss-reactive ketones (excluding diaryl/α,β-unsaturated/α-hetero) is 1. The van der Waals surface area contributed by atoms with Gasteiger partial charge in [0, 0.05) is 31.1 Å². The summed E-state index contributed by atoms with van der Waals surface area (Å²) < 4.78 is 10.9. The first-order valence-electron chi connectivity index (χ1n) is 10.3. The Hall–Kier alpha value is -3.19. The number of carbonyl (C=O) groups excluding carboxylic acids is 2. The van der Waals surface area contributed by atoms with Crippen molar-refractivity contribution in [1.82, 2.24) is 9.88 Å². The van der Waals surface area contributed by atoms with E-state index in [0.717, 1.165) is 5.56 Å². The molecule has 31 heavy (non-hydrogen) atoms. The van der Waals surface area contributed by atoms with Gasteiger partial charge in [-0.3, -0.25) is 14.6 Å². The van der Waals surface area contributed by atoms with Crippen molar-refractivity contribution in [2.24, 2.45) is 0 Å². The first-order valence-corrected chi connectivity index (χ1v) is 10.3.